The van der Waals surface area contributed by atoms with Gasteiger partial charge in [0.25, 0.3) is 0 Å². The van der Waals surface area contributed by atoms with E-state index in [1.165, 1.54) is 63.8 Å². The maximum atomic E-state index is 5.50. The summed E-state index contributed by atoms with van der Waals surface area (Å²) >= 11 is 0. The molecule has 0 aliphatic carbocycles. The molecule has 2 radical (unpaired) electrons. The minimum Gasteiger partial charge on any atom is -0.400 e. The van der Waals surface area contributed by atoms with Gasteiger partial charge in [0, 0.05) is 14.2 Å². The van der Waals surface area contributed by atoms with Crippen LogP contribution in [-0.4, -0.2) is 31.3 Å². The van der Waals surface area contributed by atoms with Crippen molar-refractivity contribution in [2.24, 2.45) is 0 Å². The van der Waals surface area contributed by atoms with Gasteiger partial charge >= 0.3 is 8.08 Å². The average molecular weight is 289 g/mol. The molecule has 0 heterocycles. The number of unbranched alkanes of at least 4 members (excludes halogenated alkanes) is 8. The van der Waals surface area contributed by atoms with Crippen molar-refractivity contribution >= 4 is 17.1 Å². The molecular formula is C14H32O2Si2. The number of hydrogen-bond donors (Lipinski definition) is 0. The van der Waals surface area contributed by atoms with E-state index in [1.54, 1.807) is 14.2 Å². The van der Waals surface area contributed by atoms with Gasteiger partial charge in [-0.15, -0.1) is 0 Å². The summed E-state index contributed by atoms with van der Waals surface area (Å²) < 4.78 is 11.0. The molecule has 0 aliphatic rings. The minimum absolute atomic E-state index is 0.883. The zero-order valence-corrected chi connectivity index (χ0v) is 14.9. The van der Waals surface area contributed by atoms with E-state index in [1.807, 2.05) is 0 Å². The molecule has 0 saturated carbocycles. The largest absolute Gasteiger partial charge is 0.400 e. The van der Waals surface area contributed by atoms with Crippen LogP contribution in [0.2, 0.25) is 12.6 Å². The molecule has 0 N–H and O–H groups in total. The summed E-state index contributed by atoms with van der Waals surface area (Å²) in [4.78, 5) is 0. The Morgan fingerprint density at radius 3 is 1.67 bits per heavy atom. The van der Waals surface area contributed by atoms with Crippen LogP contribution in [0.3, 0.4) is 0 Å². The molecule has 0 unspecified atom stereocenters. The standard InChI is InChI=1S/C14H32O2Si2/c1-5-6-7-8-9-10-11-12-13-14-17-18(4,15-2)16-3/h5-14H2,1-4H3. The summed E-state index contributed by atoms with van der Waals surface area (Å²) in [6.07, 6.45) is 12.6. The molecule has 4 heteroatoms. The Morgan fingerprint density at radius 1 is 0.778 bits per heavy atom. The summed E-state index contributed by atoms with van der Waals surface area (Å²) in [6.45, 7) is 4.44. The van der Waals surface area contributed by atoms with Gasteiger partial charge in [-0.05, 0) is 6.55 Å². The van der Waals surface area contributed by atoms with Crippen molar-refractivity contribution in [3.8, 4) is 0 Å². The molecule has 0 aromatic heterocycles. The Bertz CT molecular complexity index is 173. The van der Waals surface area contributed by atoms with Gasteiger partial charge in [-0.1, -0.05) is 70.8 Å². The van der Waals surface area contributed by atoms with Crippen LogP contribution < -0.4 is 0 Å². The van der Waals surface area contributed by atoms with E-state index in [0.717, 1.165) is 9.04 Å². The third kappa shape index (κ3) is 10.3. The van der Waals surface area contributed by atoms with E-state index < -0.39 is 8.08 Å². The number of hydrogen-bond acceptors (Lipinski definition) is 2. The van der Waals surface area contributed by atoms with Gasteiger partial charge in [0.1, 0.15) is 9.04 Å². The maximum absolute atomic E-state index is 5.50. The van der Waals surface area contributed by atoms with Gasteiger partial charge in [0.2, 0.25) is 0 Å². The highest BCUT2D eigenvalue weighted by Crippen LogP contribution is 2.12. The van der Waals surface area contributed by atoms with Crippen LogP contribution in [0.15, 0.2) is 0 Å². The van der Waals surface area contributed by atoms with Gasteiger partial charge in [-0.3, -0.25) is 0 Å². The lowest BCUT2D eigenvalue weighted by Crippen LogP contribution is -2.43. The van der Waals surface area contributed by atoms with E-state index in [9.17, 15) is 0 Å². The lowest BCUT2D eigenvalue weighted by atomic mass is 10.1. The molecule has 0 aromatic carbocycles. The van der Waals surface area contributed by atoms with E-state index in [4.69, 9.17) is 8.85 Å². The molecule has 0 spiro atoms. The molecule has 18 heavy (non-hydrogen) atoms. The molecule has 0 fully saturated rings. The smallest absolute Gasteiger partial charge is 0.306 e. The number of rotatable bonds is 13. The van der Waals surface area contributed by atoms with Gasteiger partial charge in [0.15, 0.2) is 0 Å². The Hall–Kier alpha value is 0.354. The van der Waals surface area contributed by atoms with E-state index in [-0.39, 0.29) is 0 Å². The summed E-state index contributed by atoms with van der Waals surface area (Å²) in [7, 11) is 2.70. The van der Waals surface area contributed by atoms with Crippen LogP contribution >= 0.6 is 0 Å². The normalized spacial score (nSPS) is 12.0. The predicted molar refractivity (Wildman–Crippen MR) is 83.4 cm³/mol. The van der Waals surface area contributed by atoms with Crippen LogP contribution in [0.4, 0.5) is 0 Å². The molecule has 0 amide bonds. The van der Waals surface area contributed by atoms with Crippen molar-refractivity contribution in [2.45, 2.75) is 77.3 Å². The van der Waals surface area contributed by atoms with Crippen molar-refractivity contribution in [3.63, 3.8) is 0 Å². The van der Waals surface area contributed by atoms with Crippen molar-refractivity contribution in [2.75, 3.05) is 14.2 Å². The van der Waals surface area contributed by atoms with Crippen LogP contribution in [-0.2, 0) is 8.85 Å². The first-order valence-corrected chi connectivity index (χ1v) is 12.1. The predicted octanol–water partition coefficient (Wildman–Crippen LogP) is 4.50. The lowest BCUT2D eigenvalue weighted by Gasteiger charge is -2.22. The molecule has 0 rings (SSSR count). The third-order valence-electron chi connectivity index (χ3n) is 3.51. The van der Waals surface area contributed by atoms with Gasteiger partial charge in [-0.25, -0.2) is 0 Å². The Balaban J connectivity index is 3.21. The quantitative estimate of drug-likeness (QED) is 0.367. The zero-order valence-electron chi connectivity index (χ0n) is 12.9. The molecule has 0 saturated heterocycles. The van der Waals surface area contributed by atoms with Gasteiger partial charge in [-0.2, -0.15) is 0 Å². The van der Waals surface area contributed by atoms with E-state index in [2.05, 4.69) is 13.5 Å². The Kier molecular flexibility index (Phi) is 12.6. The highest BCUT2D eigenvalue weighted by atomic mass is 29.2. The van der Waals surface area contributed by atoms with Crippen molar-refractivity contribution < 1.29 is 8.85 Å². The van der Waals surface area contributed by atoms with Crippen molar-refractivity contribution in [3.05, 3.63) is 0 Å². The SMILES string of the molecule is CCCCCCCCCCC[Si][Si](C)(OC)OC. The first-order valence-electron chi connectivity index (χ1n) is 7.54. The van der Waals surface area contributed by atoms with E-state index in [0.29, 0.717) is 0 Å². The van der Waals surface area contributed by atoms with Gasteiger partial charge in [0.05, 0.1) is 0 Å². The molecule has 0 atom stereocenters. The second-order valence-electron chi connectivity index (χ2n) is 5.11. The second-order valence-corrected chi connectivity index (χ2v) is 12.5. The van der Waals surface area contributed by atoms with Crippen LogP contribution in [0, 0.1) is 0 Å². The summed E-state index contributed by atoms with van der Waals surface area (Å²) in [5, 5.41) is 0. The zero-order chi connectivity index (χ0) is 13.7. The highest BCUT2D eigenvalue weighted by Gasteiger charge is 2.27. The van der Waals surface area contributed by atoms with E-state index >= 15 is 0 Å². The Labute approximate surface area is 118 Å². The monoisotopic (exact) mass is 288 g/mol. The summed E-state index contributed by atoms with van der Waals surface area (Å²) in [5.41, 5.74) is 0. The first-order chi connectivity index (χ1) is 8.68. The second kappa shape index (κ2) is 12.4. The summed E-state index contributed by atoms with van der Waals surface area (Å²) in [6, 6.07) is 1.29. The fraction of sp³-hybridized carbons (Fsp3) is 1.00. The lowest BCUT2D eigenvalue weighted by molar-refractivity contribution is 0.272. The summed E-state index contributed by atoms with van der Waals surface area (Å²) in [5.74, 6) is 0. The van der Waals surface area contributed by atoms with Gasteiger partial charge < -0.3 is 8.85 Å². The molecular weight excluding hydrogens is 256 g/mol. The average Bonchev–Trinajstić information content (AvgIpc) is 2.40. The molecule has 108 valence electrons. The van der Waals surface area contributed by atoms with Crippen LogP contribution in [0.5, 0.6) is 0 Å². The maximum Gasteiger partial charge on any atom is 0.306 e. The molecule has 2 nitrogen and oxygen atoms in total. The van der Waals surface area contributed by atoms with Crippen molar-refractivity contribution in [1.82, 2.24) is 0 Å². The highest BCUT2D eigenvalue weighted by molar-refractivity contribution is 7.17. The van der Waals surface area contributed by atoms with Crippen LogP contribution in [0.25, 0.3) is 0 Å². The fourth-order valence-corrected chi connectivity index (χ4v) is 6.07. The topological polar surface area (TPSA) is 18.5 Å². The Morgan fingerprint density at radius 2 is 1.22 bits per heavy atom. The molecule has 0 bridgehead atoms. The molecule has 0 aromatic rings. The first kappa shape index (κ1) is 18.4. The third-order valence-corrected chi connectivity index (χ3v) is 10.2. The molecule has 0 aliphatic heterocycles. The van der Waals surface area contributed by atoms with Crippen molar-refractivity contribution in [1.29, 1.82) is 0 Å². The van der Waals surface area contributed by atoms with Crippen LogP contribution in [0.1, 0.15) is 64.7 Å². The minimum atomic E-state index is -1.76. The fourth-order valence-electron chi connectivity index (χ4n) is 1.98.